The highest BCUT2D eigenvalue weighted by Crippen LogP contribution is 2.15. The molecule has 0 aliphatic heterocycles. The van der Waals surface area contributed by atoms with Gasteiger partial charge in [0.15, 0.2) is 9.84 Å². The van der Waals surface area contributed by atoms with E-state index in [1.54, 1.807) is 24.3 Å². The minimum absolute atomic E-state index is 0.0590. The average molecular weight is 335 g/mol. The van der Waals surface area contributed by atoms with Crippen LogP contribution in [0.1, 0.15) is 5.56 Å². The molecule has 0 unspecified atom stereocenters. The predicted octanol–water partition coefficient (Wildman–Crippen LogP) is 1.91. The second kappa shape index (κ2) is 7.22. The molecule has 0 aliphatic carbocycles. The molecule has 0 spiro atoms. The van der Waals surface area contributed by atoms with Gasteiger partial charge in [0, 0.05) is 0 Å². The van der Waals surface area contributed by atoms with Gasteiger partial charge < -0.3 is 9.84 Å². The minimum Gasteiger partial charge on any atom is -0.491 e. The molecule has 23 heavy (non-hydrogen) atoms. The van der Waals surface area contributed by atoms with Gasteiger partial charge in [0.1, 0.15) is 24.3 Å². The maximum atomic E-state index is 12.8. The van der Waals surface area contributed by atoms with Gasteiger partial charge in [-0.15, -0.1) is 0 Å². The average Bonchev–Trinajstić information content (AvgIpc) is 2.53. The van der Waals surface area contributed by atoms with Crippen molar-refractivity contribution in [3.8, 4) is 11.8 Å². The normalized spacial score (nSPS) is 12.4. The number of rotatable bonds is 6. The zero-order valence-corrected chi connectivity index (χ0v) is 12.8. The summed E-state index contributed by atoms with van der Waals surface area (Å²) < 4.78 is 42.2. The SMILES string of the molecule is N#Cc1ccc(OC[C@@H](O)CS(=O)(=O)c2ccc(F)cc2)cc1. The van der Waals surface area contributed by atoms with E-state index in [1.807, 2.05) is 6.07 Å². The van der Waals surface area contributed by atoms with Gasteiger partial charge in [-0.1, -0.05) is 0 Å². The first kappa shape index (κ1) is 16.9. The summed E-state index contributed by atoms with van der Waals surface area (Å²) in [5.74, 6) is -0.648. The fourth-order valence-electron chi connectivity index (χ4n) is 1.86. The number of hydrogen-bond donors (Lipinski definition) is 1. The zero-order valence-electron chi connectivity index (χ0n) is 12.0. The number of ether oxygens (including phenoxy) is 1. The van der Waals surface area contributed by atoms with Crippen LogP contribution in [0, 0.1) is 17.1 Å². The van der Waals surface area contributed by atoms with Gasteiger partial charge in [-0.25, -0.2) is 12.8 Å². The Labute approximate surface area is 133 Å². The summed E-state index contributed by atoms with van der Waals surface area (Å²) in [6.45, 7) is -0.216. The van der Waals surface area contributed by atoms with Crippen LogP contribution in [-0.2, 0) is 9.84 Å². The molecule has 0 aromatic heterocycles. The molecule has 2 aromatic carbocycles. The van der Waals surface area contributed by atoms with E-state index in [0.717, 1.165) is 24.3 Å². The Balaban J connectivity index is 1.94. The summed E-state index contributed by atoms with van der Waals surface area (Å²) in [6, 6.07) is 12.6. The fraction of sp³-hybridized carbons (Fsp3) is 0.188. The fourth-order valence-corrected chi connectivity index (χ4v) is 3.20. The minimum atomic E-state index is -3.73. The quantitative estimate of drug-likeness (QED) is 0.815. The lowest BCUT2D eigenvalue weighted by Gasteiger charge is -2.13. The van der Waals surface area contributed by atoms with Crippen LogP contribution in [0.5, 0.6) is 5.75 Å². The molecule has 7 heteroatoms. The molecule has 0 fully saturated rings. The number of hydrogen-bond acceptors (Lipinski definition) is 5. The molecule has 0 heterocycles. The van der Waals surface area contributed by atoms with Gasteiger partial charge in [0.05, 0.1) is 22.3 Å². The van der Waals surface area contributed by atoms with Gasteiger partial charge in [0.25, 0.3) is 0 Å². The molecule has 0 saturated heterocycles. The number of halogens is 1. The predicted molar refractivity (Wildman–Crippen MR) is 81.1 cm³/mol. The van der Waals surface area contributed by atoms with Crippen molar-refractivity contribution in [3.05, 3.63) is 59.9 Å². The molecule has 2 rings (SSSR count). The third-order valence-corrected chi connectivity index (χ3v) is 4.82. The van der Waals surface area contributed by atoms with E-state index in [9.17, 15) is 17.9 Å². The maximum absolute atomic E-state index is 12.8. The topological polar surface area (TPSA) is 87.4 Å². The Hall–Kier alpha value is -2.43. The molecule has 2 aromatic rings. The van der Waals surface area contributed by atoms with Gasteiger partial charge >= 0.3 is 0 Å². The molecule has 1 atom stereocenters. The molecule has 120 valence electrons. The van der Waals surface area contributed by atoms with E-state index in [0.29, 0.717) is 11.3 Å². The van der Waals surface area contributed by atoms with Crippen molar-refractivity contribution in [2.24, 2.45) is 0 Å². The molecule has 0 amide bonds. The van der Waals surface area contributed by atoms with Crippen LogP contribution in [0.15, 0.2) is 53.4 Å². The van der Waals surface area contributed by atoms with Gasteiger partial charge in [0.2, 0.25) is 0 Å². The van der Waals surface area contributed by atoms with E-state index < -0.39 is 27.5 Å². The highest BCUT2D eigenvalue weighted by atomic mass is 32.2. The van der Waals surface area contributed by atoms with Crippen LogP contribution in [0.2, 0.25) is 0 Å². The Kier molecular flexibility index (Phi) is 5.32. The van der Waals surface area contributed by atoms with Crippen molar-refractivity contribution in [2.45, 2.75) is 11.0 Å². The molecular formula is C16H14FNO4S. The number of sulfone groups is 1. The standard InChI is InChI=1S/C16H14FNO4S/c17-13-3-7-16(8-4-13)23(20,21)11-14(19)10-22-15-5-1-12(9-18)2-6-15/h1-8,14,19H,10-11H2/t14-/m1/s1. The molecule has 0 aliphatic rings. The Bertz CT molecular complexity index is 795. The largest absolute Gasteiger partial charge is 0.491 e. The number of aliphatic hydroxyl groups excluding tert-OH is 1. The third kappa shape index (κ3) is 4.77. The summed E-state index contributed by atoms with van der Waals surface area (Å²) in [5.41, 5.74) is 0.469. The first-order valence-electron chi connectivity index (χ1n) is 6.70. The van der Waals surface area contributed by atoms with E-state index >= 15 is 0 Å². The van der Waals surface area contributed by atoms with Crippen molar-refractivity contribution < 1.29 is 22.7 Å². The Morgan fingerprint density at radius 1 is 1.13 bits per heavy atom. The molecule has 5 nitrogen and oxygen atoms in total. The molecule has 0 saturated carbocycles. The van der Waals surface area contributed by atoms with Crippen molar-refractivity contribution in [1.82, 2.24) is 0 Å². The van der Waals surface area contributed by atoms with E-state index in [2.05, 4.69) is 0 Å². The third-order valence-electron chi connectivity index (χ3n) is 3.01. The lowest BCUT2D eigenvalue weighted by molar-refractivity contribution is 0.125. The second-order valence-corrected chi connectivity index (χ2v) is 6.87. The van der Waals surface area contributed by atoms with E-state index in [1.165, 1.54) is 0 Å². The van der Waals surface area contributed by atoms with Gasteiger partial charge in [-0.05, 0) is 48.5 Å². The summed E-state index contributed by atoms with van der Waals surface area (Å²) in [7, 11) is -3.73. The summed E-state index contributed by atoms with van der Waals surface area (Å²) in [5, 5.41) is 18.5. The highest BCUT2D eigenvalue weighted by molar-refractivity contribution is 7.91. The zero-order chi connectivity index (χ0) is 16.9. The molecule has 0 bridgehead atoms. The van der Waals surface area contributed by atoms with E-state index in [-0.39, 0.29) is 11.5 Å². The van der Waals surface area contributed by atoms with Crippen molar-refractivity contribution in [2.75, 3.05) is 12.4 Å². The Morgan fingerprint density at radius 2 is 1.74 bits per heavy atom. The highest BCUT2D eigenvalue weighted by Gasteiger charge is 2.20. The Morgan fingerprint density at radius 3 is 2.30 bits per heavy atom. The first-order chi connectivity index (χ1) is 10.9. The number of nitriles is 1. The van der Waals surface area contributed by atoms with Crippen LogP contribution in [0.4, 0.5) is 4.39 Å². The maximum Gasteiger partial charge on any atom is 0.181 e. The monoisotopic (exact) mass is 335 g/mol. The van der Waals surface area contributed by atoms with Gasteiger partial charge in [-0.2, -0.15) is 5.26 Å². The number of benzene rings is 2. The summed E-state index contributed by atoms with van der Waals surface area (Å²) in [4.78, 5) is -0.0590. The smallest absolute Gasteiger partial charge is 0.181 e. The van der Waals surface area contributed by atoms with Crippen molar-refractivity contribution in [1.29, 1.82) is 5.26 Å². The lowest BCUT2D eigenvalue weighted by atomic mass is 10.2. The molecule has 1 N–H and O–H groups in total. The second-order valence-electron chi connectivity index (χ2n) is 4.84. The van der Waals surface area contributed by atoms with Crippen LogP contribution < -0.4 is 4.74 Å². The van der Waals surface area contributed by atoms with Crippen LogP contribution in [0.25, 0.3) is 0 Å². The molecular weight excluding hydrogens is 321 g/mol. The van der Waals surface area contributed by atoms with Crippen molar-refractivity contribution in [3.63, 3.8) is 0 Å². The lowest BCUT2D eigenvalue weighted by Crippen LogP contribution is -2.27. The van der Waals surface area contributed by atoms with Crippen LogP contribution in [0.3, 0.4) is 0 Å². The van der Waals surface area contributed by atoms with E-state index in [4.69, 9.17) is 10.00 Å². The first-order valence-corrected chi connectivity index (χ1v) is 8.35. The van der Waals surface area contributed by atoms with Crippen LogP contribution in [-0.4, -0.2) is 32.0 Å². The number of aliphatic hydroxyl groups is 1. The van der Waals surface area contributed by atoms with Gasteiger partial charge in [-0.3, -0.25) is 0 Å². The number of nitrogens with zero attached hydrogens (tertiary/aromatic N) is 1. The van der Waals surface area contributed by atoms with Crippen LogP contribution >= 0.6 is 0 Å². The molecule has 0 radical (unpaired) electrons. The van der Waals surface area contributed by atoms with Crippen molar-refractivity contribution >= 4 is 9.84 Å². The summed E-state index contributed by atoms with van der Waals surface area (Å²) >= 11 is 0. The summed E-state index contributed by atoms with van der Waals surface area (Å²) in [6.07, 6.45) is -1.24.